The third kappa shape index (κ3) is 2.52. The van der Waals surface area contributed by atoms with Gasteiger partial charge in [0.15, 0.2) is 11.6 Å². The highest BCUT2D eigenvalue weighted by Gasteiger charge is 2.10. The molecule has 0 aliphatic heterocycles. The van der Waals surface area contributed by atoms with Gasteiger partial charge in [-0.25, -0.2) is 14.4 Å². The van der Waals surface area contributed by atoms with Crippen molar-refractivity contribution in [3.05, 3.63) is 40.4 Å². The summed E-state index contributed by atoms with van der Waals surface area (Å²) in [6.07, 6.45) is 1.27. The number of halogens is 2. The van der Waals surface area contributed by atoms with Gasteiger partial charge in [-0.1, -0.05) is 15.9 Å². The largest absolute Gasteiger partial charge is 0.435 e. The summed E-state index contributed by atoms with van der Waals surface area (Å²) in [4.78, 5) is 7.71. The van der Waals surface area contributed by atoms with Crippen LogP contribution in [0.5, 0.6) is 11.6 Å². The molecule has 0 unspecified atom stereocenters. The first-order chi connectivity index (χ1) is 8.08. The smallest absolute Gasteiger partial charge is 0.227 e. The van der Waals surface area contributed by atoms with Gasteiger partial charge in [-0.2, -0.15) is 0 Å². The number of ether oxygens (including phenoxy) is 1. The van der Waals surface area contributed by atoms with E-state index < -0.39 is 5.82 Å². The normalized spacial score (nSPS) is 10.3. The lowest BCUT2D eigenvalue weighted by Gasteiger charge is -2.09. The van der Waals surface area contributed by atoms with E-state index in [2.05, 4.69) is 25.9 Å². The zero-order valence-corrected chi connectivity index (χ0v) is 10.5. The van der Waals surface area contributed by atoms with Crippen molar-refractivity contribution in [2.24, 2.45) is 0 Å². The van der Waals surface area contributed by atoms with Crippen molar-refractivity contribution in [3.63, 3.8) is 0 Å². The Labute approximate surface area is 106 Å². The Hall–Kier alpha value is -1.69. The summed E-state index contributed by atoms with van der Waals surface area (Å²) >= 11 is 3.17. The Kier molecular flexibility index (Phi) is 3.23. The van der Waals surface area contributed by atoms with Crippen LogP contribution in [0.15, 0.2) is 29.0 Å². The fourth-order valence-corrected chi connectivity index (χ4v) is 1.54. The van der Waals surface area contributed by atoms with Crippen LogP contribution < -0.4 is 10.5 Å². The van der Waals surface area contributed by atoms with Gasteiger partial charge in [-0.05, 0) is 25.1 Å². The van der Waals surface area contributed by atoms with Crippen molar-refractivity contribution < 1.29 is 9.13 Å². The average molecular weight is 298 g/mol. The first kappa shape index (κ1) is 11.8. The Bertz CT molecular complexity index is 562. The monoisotopic (exact) mass is 297 g/mol. The van der Waals surface area contributed by atoms with Crippen molar-refractivity contribution in [2.45, 2.75) is 6.92 Å². The van der Waals surface area contributed by atoms with Crippen LogP contribution in [-0.2, 0) is 0 Å². The van der Waals surface area contributed by atoms with Crippen LogP contribution >= 0.6 is 15.9 Å². The van der Waals surface area contributed by atoms with Crippen molar-refractivity contribution in [1.29, 1.82) is 0 Å². The molecule has 6 heteroatoms. The number of nitrogens with zero attached hydrogens (tertiary/aromatic N) is 2. The van der Waals surface area contributed by atoms with Gasteiger partial charge in [-0.3, -0.25) is 0 Å². The predicted octanol–water partition coefficient (Wildman–Crippen LogP) is 3.06. The molecule has 0 radical (unpaired) electrons. The molecule has 0 saturated carbocycles. The highest BCUT2D eigenvalue weighted by Crippen LogP contribution is 2.28. The van der Waals surface area contributed by atoms with E-state index in [0.717, 1.165) is 0 Å². The molecular formula is C11H9BrFN3O. The molecule has 0 aliphatic rings. The molecule has 1 aromatic carbocycles. The molecule has 1 heterocycles. The maximum absolute atomic E-state index is 13.5. The van der Waals surface area contributed by atoms with Crippen LogP contribution in [0.3, 0.4) is 0 Å². The van der Waals surface area contributed by atoms with Gasteiger partial charge in [0.1, 0.15) is 12.1 Å². The maximum atomic E-state index is 13.5. The minimum atomic E-state index is -0.476. The van der Waals surface area contributed by atoms with E-state index in [4.69, 9.17) is 10.5 Å². The number of benzene rings is 1. The van der Waals surface area contributed by atoms with Crippen LogP contribution in [0.1, 0.15) is 5.56 Å². The van der Waals surface area contributed by atoms with Crippen molar-refractivity contribution >= 4 is 21.7 Å². The highest BCUT2D eigenvalue weighted by atomic mass is 79.9. The average Bonchev–Trinajstić information content (AvgIpc) is 2.28. The summed E-state index contributed by atoms with van der Waals surface area (Å²) in [5.74, 6) is 0.177. The second-order valence-electron chi connectivity index (χ2n) is 3.37. The van der Waals surface area contributed by atoms with Gasteiger partial charge in [0.2, 0.25) is 5.88 Å². The van der Waals surface area contributed by atoms with E-state index in [-0.39, 0.29) is 11.6 Å². The molecule has 0 spiro atoms. The molecule has 2 aromatic rings. The molecule has 0 saturated heterocycles. The fraction of sp³-hybridized carbons (Fsp3) is 0.0909. The van der Waals surface area contributed by atoms with Crippen LogP contribution in [0.25, 0.3) is 0 Å². The third-order valence-corrected chi connectivity index (χ3v) is 2.67. The number of rotatable bonds is 2. The molecule has 1 aromatic heterocycles. The van der Waals surface area contributed by atoms with E-state index in [1.807, 2.05) is 0 Å². The number of anilines is 1. The Morgan fingerprint density at radius 2 is 2.12 bits per heavy atom. The standard InChI is InChI=1S/C11H9BrFN3O/c1-6-10(14)15-5-16-11(6)17-9-3-2-7(12)4-8(9)13/h2-5H,1H3,(H2,14,15,16). The summed E-state index contributed by atoms with van der Waals surface area (Å²) < 4.78 is 19.5. The Balaban J connectivity index is 2.35. The summed E-state index contributed by atoms with van der Waals surface area (Å²) in [6, 6.07) is 4.50. The number of aromatic nitrogens is 2. The van der Waals surface area contributed by atoms with E-state index in [1.54, 1.807) is 13.0 Å². The van der Waals surface area contributed by atoms with Crippen LogP contribution in [-0.4, -0.2) is 9.97 Å². The number of nitrogens with two attached hydrogens (primary N) is 1. The summed E-state index contributed by atoms with van der Waals surface area (Å²) in [6.45, 7) is 1.71. The lowest BCUT2D eigenvalue weighted by Crippen LogP contribution is -1.99. The first-order valence-electron chi connectivity index (χ1n) is 4.78. The highest BCUT2D eigenvalue weighted by molar-refractivity contribution is 9.10. The number of hydrogen-bond acceptors (Lipinski definition) is 4. The third-order valence-electron chi connectivity index (χ3n) is 2.18. The lowest BCUT2D eigenvalue weighted by molar-refractivity contribution is 0.423. The summed E-state index contributed by atoms with van der Waals surface area (Å²) in [5.41, 5.74) is 6.18. The molecule has 2 N–H and O–H groups in total. The van der Waals surface area contributed by atoms with Crippen molar-refractivity contribution in [2.75, 3.05) is 5.73 Å². The van der Waals surface area contributed by atoms with Gasteiger partial charge in [0.25, 0.3) is 0 Å². The maximum Gasteiger partial charge on any atom is 0.227 e. The van der Waals surface area contributed by atoms with E-state index in [0.29, 0.717) is 15.9 Å². The Morgan fingerprint density at radius 1 is 1.35 bits per heavy atom. The molecule has 88 valence electrons. The zero-order chi connectivity index (χ0) is 12.4. The van der Waals surface area contributed by atoms with Gasteiger partial charge in [0.05, 0.1) is 5.56 Å². The Morgan fingerprint density at radius 3 is 2.82 bits per heavy atom. The molecule has 0 atom stereocenters. The van der Waals surface area contributed by atoms with Crippen LogP contribution in [0, 0.1) is 12.7 Å². The molecule has 0 fully saturated rings. The van der Waals surface area contributed by atoms with Crippen molar-refractivity contribution in [3.8, 4) is 11.6 Å². The predicted molar refractivity (Wildman–Crippen MR) is 65.4 cm³/mol. The van der Waals surface area contributed by atoms with E-state index >= 15 is 0 Å². The first-order valence-corrected chi connectivity index (χ1v) is 5.57. The van der Waals surface area contributed by atoms with Gasteiger partial charge < -0.3 is 10.5 Å². The summed E-state index contributed by atoms with van der Waals surface area (Å²) in [7, 11) is 0. The quantitative estimate of drug-likeness (QED) is 0.925. The zero-order valence-electron chi connectivity index (χ0n) is 8.95. The number of hydrogen-bond donors (Lipinski definition) is 1. The lowest BCUT2D eigenvalue weighted by atomic mass is 10.3. The molecular weight excluding hydrogens is 289 g/mol. The van der Waals surface area contributed by atoms with Crippen LogP contribution in [0.4, 0.5) is 10.2 Å². The molecule has 0 aliphatic carbocycles. The minimum Gasteiger partial charge on any atom is -0.435 e. The second kappa shape index (κ2) is 4.67. The molecule has 0 amide bonds. The molecule has 0 bridgehead atoms. The van der Waals surface area contributed by atoms with Gasteiger partial charge >= 0.3 is 0 Å². The van der Waals surface area contributed by atoms with E-state index in [1.165, 1.54) is 18.5 Å². The number of nitrogen functional groups attached to an aromatic ring is 1. The summed E-state index contributed by atoms with van der Waals surface area (Å²) in [5, 5.41) is 0. The van der Waals surface area contributed by atoms with Gasteiger partial charge in [0, 0.05) is 4.47 Å². The molecule has 17 heavy (non-hydrogen) atoms. The topological polar surface area (TPSA) is 61.0 Å². The van der Waals surface area contributed by atoms with Crippen molar-refractivity contribution in [1.82, 2.24) is 9.97 Å². The van der Waals surface area contributed by atoms with Crippen LogP contribution in [0.2, 0.25) is 0 Å². The molecule has 4 nitrogen and oxygen atoms in total. The van der Waals surface area contributed by atoms with Gasteiger partial charge in [-0.15, -0.1) is 0 Å². The second-order valence-corrected chi connectivity index (χ2v) is 4.28. The molecule has 2 rings (SSSR count). The SMILES string of the molecule is Cc1c(N)ncnc1Oc1ccc(Br)cc1F. The fourth-order valence-electron chi connectivity index (χ4n) is 1.21. The minimum absolute atomic E-state index is 0.0920. The van der Waals surface area contributed by atoms with E-state index in [9.17, 15) is 4.39 Å².